The molecule has 4 nitrogen and oxygen atoms in total. The second-order valence-corrected chi connectivity index (χ2v) is 19.1. The van der Waals surface area contributed by atoms with E-state index in [1.807, 2.05) is 0 Å². The summed E-state index contributed by atoms with van der Waals surface area (Å²) in [6, 6.07) is 0. The van der Waals surface area contributed by atoms with Gasteiger partial charge in [-0.2, -0.15) is 0 Å². The lowest BCUT2D eigenvalue weighted by Gasteiger charge is -2.45. The molecule has 0 aromatic carbocycles. The Morgan fingerprint density at radius 1 is 0.614 bits per heavy atom. The molecule has 0 aromatic rings. The van der Waals surface area contributed by atoms with Crippen molar-refractivity contribution in [2.45, 2.75) is 172 Å². The Morgan fingerprint density at radius 2 is 0.977 bits per heavy atom. The summed E-state index contributed by atoms with van der Waals surface area (Å²) in [4.78, 5) is 27.2. The molecule has 3 saturated carbocycles. The van der Waals surface area contributed by atoms with Gasteiger partial charge in [0.15, 0.2) is 0 Å². The lowest BCUT2D eigenvalue weighted by Crippen LogP contribution is -2.41. The van der Waals surface area contributed by atoms with E-state index >= 15 is 0 Å². The highest BCUT2D eigenvalue weighted by Gasteiger charge is 2.43. The first-order valence-electron chi connectivity index (χ1n) is 18.7. The van der Waals surface area contributed by atoms with Crippen LogP contribution in [0.1, 0.15) is 172 Å². The summed E-state index contributed by atoms with van der Waals surface area (Å²) in [7, 11) is 0. The molecule has 0 spiro atoms. The molecule has 3 fully saturated rings. The lowest BCUT2D eigenvalue weighted by atomic mass is 9.62. The molecule has 44 heavy (non-hydrogen) atoms. The van der Waals surface area contributed by atoms with Gasteiger partial charge in [-0.05, 0) is 110 Å². The third kappa shape index (κ3) is 11.3. The van der Waals surface area contributed by atoms with Crippen LogP contribution in [0, 0.1) is 57.2 Å². The van der Waals surface area contributed by atoms with Crippen LogP contribution in [0.2, 0.25) is 0 Å². The summed E-state index contributed by atoms with van der Waals surface area (Å²) in [6.45, 7) is 24.6. The molecule has 3 aliphatic rings. The highest BCUT2D eigenvalue weighted by Crippen LogP contribution is 2.49. The van der Waals surface area contributed by atoms with E-state index in [0.717, 1.165) is 50.4 Å². The van der Waals surface area contributed by atoms with E-state index in [0.29, 0.717) is 35.9 Å². The van der Waals surface area contributed by atoms with Crippen molar-refractivity contribution in [1.29, 1.82) is 0 Å². The molecule has 0 heterocycles. The predicted molar refractivity (Wildman–Crippen MR) is 183 cm³/mol. The molecule has 8 atom stereocenters. The molecule has 0 saturated heterocycles. The zero-order chi connectivity index (χ0) is 32.8. The monoisotopic (exact) mass is 617 g/mol. The van der Waals surface area contributed by atoms with Crippen LogP contribution in [0.4, 0.5) is 0 Å². The SMILES string of the molecule is CC1CCC(COC(=O)C2CCCCC2C(=O)OCC2CCC(C)CC2(C)CCCC(C)(C)C)C(C)(CCCC(C)(C)C)C1. The van der Waals surface area contributed by atoms with E-state index in [-0.39, 0.29) is 34.6 Å². The molecule has 0 aromatic heterocycles. The van der Waals surface area contributed by atoms with E-state index in [4.69, 9.17) is 9.47 Å². The van der Waals surface area contributed by atoms with E-state index < -0.39 is 0 Å². The molecule has 0 bridgehead atoms. The largest absolute Gasteiger partial charge is 0.465 e. The lowest BCUT2D eigenvalue weighted by molar-refractivity contribution is -0.167. The number of hydrogen-bond acceptors (Lipinski definition) is 4. The average molecular weight is 617 g/mol. The minimum absolute atomic E-state index is 0.152. The topological polar surface area (TPSA) is 52.6 Å². The maximum Gasteiger partial charge on any atom is 0.309 e. The molecule has 0 radical (unpaired) electrons. The molecule has 4 heteroatoms. The molecule has 3 aliphatic carbocycles. The Labute approximate surface area is 273 Å². The van der Waals surface area contributed by atoms with E-state index in [9.17, 15) is 9.59 Å². The number of ether oxygens (including phenoxy) is 2. The summed E-state index contributed by atoms with van der Waals surface area (Å²) in [6.07, 6.45) is 17.9. The zero-order valence-corrected chi connectivity index (χ0v) is 30.8. The minimum Gasteiger partial charge on any atom is -0.465 e. The van der Waals surface area contributed by atoms with Crippen LogP contribution in [0.15, 0.2) is 0 Å². The van der Waals surface area contributed by atoms with Gasteiger partial charge in [0.1, 0.15) is 0 Å². The van der Waals surface area contributed by atoms with E-state index in [2.05, 4.69) is 69.2 Å². The summed E-state index contributed by atoms with van der Waals surface area (Å²) in [5, 5.41) is 0. The second kappa shape index (κ2) is 15.7. The van der Waals surface area contributed by atoms with Gasteiger partial charge in [0, 0.05) is 0 Å². The summed E-state index contributed by atoms with van der Waals surface area (Å²) in [5.74, 6) is 1.26. The van der Waals surface area contributed by atoms with Crippen molar-refractivity contribution in [1.82, 2.24) is 0 Å². The highest BCUT2D eigenvalue weighted by atomic mass is 16.5. The first-order valence-corrected chi connectivity index (χ1v) is 18.7. The van der Waals surface area contributed by atoms with Gasteiger partial charge in [0.05, 0.1) is 25.0 Å². The van der Waals surface area contributed by atoms with Crippen molar-refractivity contribution in [3.63, 3.8) is 0 Å². The maximum atomic E-state index is 13.6. The first kappa shape index (κ1) is 37.4. The van der Waals surface area contributed by atoms with Gasteiger partial charge in [0.25, 0.3) is 0 Å². The Morgan fingerprint density at radius 3 is 1.32 bits per heavy atom. The number of rotatable bonds is 12. The minimum atomic E-state index is -0.351. The van der Waals surface area contributed by atoms with Crippen molar-refractivity contribution < 1.29 is 19.1 Å². The fraction of sp³-hybridized carbons (Fsp3) is 0.950. The number of carbonyl (C=O) groups is 2. The second-order valence-electron chi connectivity index (χ2n) is 19.1. The zero-order valence-electron chi connectivity index (χ0n) is 30.8. The van der Waals surface area contributed by atoms with Gasteiger partial charge in [0.2, 0.25) is 0 Å². The normalized spacial score (nSPS) is 35.2. The van der Waals surface area contributed by atoms with Crippen molar-refractivity contribution in [2.75, 3.05) is 13.2 Å². The standard InChI is InChI=1S/C40H72O4/c1-29-17-19-31(39(9,25-29)23-13-21-37(3,4)5)27-43-35(41)33-15-11-12-16-34(33)36(42)44-28-32-20-18-30(2)26-40(32,10)24-14-22-38(6,7)8/h29-34H,11-28H2,1-10H3. The molecule has 0 aliphatic heterocycles. The summed E-state index contributed by atoms with van der Waals surface area (Å²) < 4.78 is 12.3. The first-order chi connectivity index (χ1) is 20.4. The van der Waals surface area contributed by atoms with Crippen LogP contribution >= 0.6 is 0 Å². The van der Waals surface area contributed by atoms with Gasteiger partial charge in [-0.3, -0.25) is 9.59 Å². The molecule has 0 amide bonds. The molecule has 3 rings (SSSR count). The van der Waals surface area contributed by atoms with Crippen LogP contribution in [0.3, 0.4) is 0 Å². The molecule has 0 N–H and O–H groups in total. The smallest absolute Gasteiger partial charge is 0.309 e. The van der Waals surface area contributed by atoms with Crippen molar-refractivity contribution in [3.05, 3.63) is 0 Å². The summed E-state index contributed by atoms with van der Waals surface area (Å²) in [5.41, 5.74) is 1.13. The number of hydrogen-bond donors (Lipinski definition) is 0. The molecular formula is C40H72O4. The van der Waals surface area contributed by atoms with Gasteiger partial charge in [-0.1, -0.05) is 108 Å². The maximum absolute atomic E-state index is 13.6. The van der Waals surface area contributed by atoms with Crippen LogP contribution in [-0.2, 0) is 19.1 Å². The fourth-order valence-corrected chi connectivity index (χ4v) is 9.30. The summed E-state index contributed by atoms with van der Waals surface area (Å²) >= 11 is 0. The quantitative estimate of drug-likeness (QED) is 0.205. The van der Waals surface area contributed by atoms with E-state index in [1.54, 1.807) is 0 Å². The van der Waals surface area contributed by atoms with Gasteiger partial charge in [-0.15, -0.1) is 0 Å². The predicted octanol–water partition coefficient (Wildman–Crippen LogP) is 11.2. The Kier molecular flexibility index (Phi) is 13.3. The third-order valence-corrected chi connectivity index (χ3v) is 12.2. The Hall–Kier alpha value is -1.06. The van der Waals surface area contributed by atoms with Gasteiger partial charge in [-0.25, -0.2) is 0 Å². The van der Waals surface area contributed by atoms with Crippen LogP contribution in [-0.4, -0.2) is 25.2 Å². The molecule has 8 unspecified atom stereocenters. The Bertz CT molecular complexity index is 837. The molecular weight excluding hydrogens is 544 g/mol. The third-order valence-electron chi connectivity index (χ3n) is 12.2. The van der Waals surface area contributed by atoms with E-state index in [1.165, 1.54) is 64.2 Å². The molecule has 256 valence electrons. The van der Waals surface area contributed by atoms with Gasteiger partial charge >= 0.3 is 11.9 Å². The van der Waals surface area contributed by atoms with Crippen molar-refractivity contribution in [3.8, 4) is 0 Å². The van der Waals surface area contributed by atoms with Gasteiger partial charge < -0.3 is 9.47 Å². The fourth-order valence-electron chi connectivity index (χ4n) is 9.30. The number of esters is 2. The average Bonchev–Trinajstić information content (AvgIpc) is 2.90. The van der Waals surface area contributed by atoms with Crippen LogP contribution < -0.4 is 0 Å². The Balaban J connectivity index is 1.57. The highest BCUT2D eigenvalue weighted by molar-refractivity contribution is 5.82. The number of carbonyl (C=O) groups excluding carboxylic acids is 2. The van der Waals surface area contributed by atoms with Crippen molar-refractivity contribution in [2.24, 2.45) is 57.2 Å². The van der Waals surface area contributed by atoms with Crippen LogP contribution in [0.25, 0.3) is 0 Å². The van der Waals surface area contributed by atoms with Crippen LogP contribution in [0.5, 0.6) is 0 Å². The van der Waals surface area contributed by atoms with Crippen molar-refractivity contribution >= 4 is 11.9 Å².